The third-order valence-electron chi connectivity index (χ3n) is 5.19. The Morgan fingerprint density at radius 3 is 1.48 bits per heavy atom. The number of aryl methyl sites for hydroxylation is 3. The SMILES string of the molecule is CCCCCCCCCCC[n+]1cc(CCCC)cc(CCCC)c1. The van der Waals surface area contributed by atoms with E-state index in [1.807, 2.05) is 0 Å². The number of hydrogen-bond donors (Lipinski definition) is 0. The maximum absolute atomic E-state index is 2.48. The first-order valence-corrected chi connectivity index (χ1v) is 11.3. The normalized spacial score (nSPS) is 11.2. The lowest BCUT2D eigenvalue weighted by Gasteiger charge is -2.06. The Labute approximate surface area is 158 Å². The molecule has 1 aromatic rings. The maximum Gasteiger partial charge on any atom is 0.171 e. The van der Waals surface area contributed by atoms with Crippen molar-refractivity contribution in [2.45, 2.75) is 124 Å². The number of rotatable bonds is 16. The van der Waals surface area contributed by atoms with Gasteiger partial charge in [0.1, 0.15) is 6.54 Å². The predicted molar refractivity (Wildman–Crippen MR) is 111 cm³/mol. The van der Waals surface area contributed by atoms with Gasteiger partial charge in [0.15, 0.2) is 12.4 Å². The molecule has 0 unspecified atom stereocenters. The molecular formula is C24H44N+. The molecule has 1 nitrogen and oxygen atoms in total. The smallest absolute Gasteiger partial charge is 0.171 e. The van der Waals surface area contributed by atoms with Crippen molar-refractivity contribution in [3.8, 4) is 0 Å². The van der Waals surface area contributed by atoms with Crippen LogP contribution < -0.4 is 4.57 Å². The van der Waals surface area contributed by atoms with Gasteiger partial charge in [0.2, 0.25) is 0 Å². The second-order valence-corrected chi connectivity index (χ2v) is 7.83. The zero-order valence-electron chi connectivity index (χ0n) is 17.5. The van der Waals surface area contributed by atoms with Gasteiger partial charge in [-0.15, -0.1) is 0 Å². The van der Waals surface area contributed by atoms with Crippen LogP contribution in [0.3, 0.4) is 0 Å². The lowest BCUT2D eigenvalue weighted by Crippen LogP contribution is -2.34. The van der Waals surface area contributed by atoms with Crippen molar-refractivity contribution in [3.63, 3.8) is 0 Å². The first kappa shape index (κ1) is 22.2. The molecule has 1 heterocycles. The molecule has 0 aliphatic heterocycles. The number of pyridine rings is 1. The monoisotopic (exact) mass is 346 g/mol. The van der Waals surface area contributed by atoms with Crippen molar-refractivity contribution in [1.82, 2.24) is 0 Å². The minimum Gasteiger partial charge on any atom is -0.205 e. The average molecular weight is 347 g/mol. The molecule has 144 valence electrons. The summed E-state index contributed by atoms with van der Waals surface area (Å²) in [5.41, 5.74) is 3.10. The first-order chi connectivity index (χ1) is 12.3. The van der Waals surface area contributed by atoms with Crippen LogP contribution in [0.2, 0.25) is 0 Å². The molecule has 0 fully saturated rings. The van der Waals surface area contributed by atoms with Crippen LogP contribution in [0.4, 0.5) is 0 Å². The van der Waals surface area contributed by atoms with Gasteiger partial charge in [-0.25, -0.2) is 4.57 Å². The molecule has 0 aliphatic rings. The molecule has 0 spiro atoms. The van der Waals surface area contributed by atoms with Crippen molar-refractivity contribution in [2.24, 2.45) is 0 Å². The van der Waals surface area contributed by atoms with Gasteiger partial charge >= 0.3 is 0 Å². The average Bonchev–Trinajstić information content (AvgIpc) is 2.63. The van der Waals surface area contributed by atoms with Crippen molar-refractivity contribution in [2.75, 3.05) is 0 Å². The summed E-state index contributed by atoms with van der Waals surface area (Å²) < 4.78 is 2.48. The summed E-state index contributed by atoms with van der Waals surface area (Å²) in [6.07, 6.45) is 25.2. The highest BCUT2D eigenvalue weighted by molar-refractivity contribution is 5.15. The van der Waals surface area contributed by atoms with Crippen LogP contribution in [0.5, 0.6) is 0 Å². The Hall–Kier alpha value is -0.850. The largest absolute Gasteiger partial charge is 0.205 e. The summed E-state index contributed by atoms with van der Waals surface area (Å²) >= 11 is 0. The third-order valence-corrected chi connectivity index (χ3v) is 5.19. The summed E-state index contributed by atoms with van der Waals surface area (Å²) in [4.78, 5) is 0. The van der Waals surface area contributed by atoms with Gasteiger partial charge in [0.25, 0.3) is 0 Å². The molecular weight excluding hydrogens is 302 g/mol. The molecule has 0 saturated carbocycles. The zero-order valence-corrected chi connectivity index (χ0v) is 17.5. The summed E-state index contributed by atoms with van der Waals surface area (Å²) in [6.45, 7) is 8.08. The van der Waals surface area contributed by atoms with Gasteiger partial charge in [-0.2, -0.15) is 0 Å². The molecule has 0 amide bonds. The Bertz CT molecular complexity index is 398. The fourth-order valence-corrected chi connectivity index (χ4v) is 3.55. The van der Waals surface area contributed by atoms with Gasteiger partial charge in [0, 0.05) is 17.5 Å². The van der Waals surface area contributed by atoms with Crippen LogP contribution in [0.25, 0.3) is 0 Å². The van der Waals surface area contributed by atoms with E-state index in [0.717, 1.165) is 0 Å². The molecule has 1 rings (SSSR count). The summed E-state index contributed by atoms with van der Waals surface area (Å²) in [7, 11) is 0. The Balaban J connectivity index is 2.32. The molecule has 0 atom stereocenters. The molecule has 25 heavy (non-hydrogen) atoms. The van der Waals surface area contributed by atoms with E-state index in [2.05, 4.69) is 43.8 Å². The van der Waals surface area contributed by atoms with Crippen LogP contribution in [-0.2, 0) is 19.4 Å². The number of nitrogens with zero attached hydrogens (tertiary/aromatic N) is 1. The first-order valence-electron chi connectivity index (χ1n) is 11.3. The third kappa shape index (κ3) is 11.4. The van der Waals surface area contributed by atoms with Gasteiger partial charge in [-0.05, 0) is 38.2 Å². The molecule has 0 radical (unpaired) electrons. The predicted octanol–water partition coefficient (Wildman–Crippen LogP) is 7.19. The van der Waals surface area contributed by atoms with E-state index in [9.17, 15) is 0 Å². The minimum atomic E-state index is 1.20. The lowest BCUT2D eigenvalue weighted by molar-refractivity contribution is -0.698. The van der Waals surface area contributed by atoms with Crippen LogP contribution in [-0.4, -0.2) is 0 Å². The van der Waals surface area contributed by atoms with Crippen LogP contribution >= 0.6 is 0 Å². The quantitative estimate of drug-likeness (QED) is 0.220. The van der Waals surface area contributed by atoms with Crippen molar-refractivity contribution < 1.29 is 4.57 Å². The molecule has 1 heteroatoms. The Kier molecular flexibility index (Phi) is 13.7. The fraction of sp³-hybridized carbons (Fsp3) is 0.792. The highest BCUT2D eigenvalue weighted by Gasteiger charge is 2.08. The standard InChI is InChI=1S/C24H44N/c1-4-7-10-11-12-13-14-15-16-19-25-21-23(17-8-5-2)20-24(22-25)18-9-6-3/h20-22H,4-19H2,1-3H3/q+1. The van der Waals surface area contributed by atoms with Crippen LogP contribution in [0, 0.1) is 0 Å². The highest BCUT2D eigenvalue weighted by Crippen LogP contribution is 2.11. The fourth-order valence-electron chi connectivity index (χ4n) is 3.55. The van der Waals surface area contributed by atoms with Gasteiger partial charge in [0.05, 0.1) is 0 Å². The van der Waals surface area contributed by atoms with Crippen LogP contribution in [0.15, 0.2) is 18.5 Å². The number of hydrogen-bond acceptors (Lipinski definition) is 0. The summed E-state index contributed by atoms with van der Waals surface area (Å²) in [6, 6.07) is 2.46. The van der Waals surface area contributed by atoms with E-state index in [1.54, 1.807) is 11.1 Å². The lowest BCUT2D eigenvalue weighted by atomic mass is 10.0. The molecule has 0 aromatic carbocycles. The molecule has 0 saturated heterocycles. The topological polar surface area (TPSA) is 3.88 Å². The van der Waals surface area contributed by atoms with E-state index in [1.165, 1.54) is 103 Å². The number of unbranched alkanes of at least 4 members (excludes halogenated alkanes) is 10. The second-order valence-electron chi connectivity index (χ2n) is 7.83. The maximum atomic E-state index is 2.48. The minimum absolute atomic E-state index is 1.20. The van der Waals surface area contributed by atoms with E-state index < -0.39 is 0 Å². The summed E-state index contributed by atoms with van der Waals surface area (Å²) in [5, 5.41) is 0. The number of aromatic nitrogens is 1. The van der Waals surface area contributed by atoms with Gasteiger partial charge in [-0.1, -0.05) is 78.6 Å². The molecule has 0 N–H and O–H groups in total. The van der Waals surface area contributed by atoms with Crippen molar-refractivity contribution in [3.05, 3.63) is 29.6 Å². The Morgan fingerprint density at radius 1 is 0.560 bits per heavy atom. The van der Waals surface area contributed by atoms with Gasteiger partial charge < -0.3 is 0 Å². The zero-order chi connectivity index (χ0) is 18.2. The van der Waals surface area contributed by atoms with E-state index in [0.29, 0.717) is 0 Å². The van der Waals surface area contributed by atoms with Gasteiger partial charge in [-0.3, -0.25) is 0 Å². The van der Waals surface area contributed by atoms with E-state index >= 15 is 0 Å². The highest BCUT2D eigenvalue weighted by atomic mass is 14.9. The molecule has 0 aliphatic carbocycles. The van der Waals surface area contributed by atoms with Crippen molar-refractivity contribution >= 4 is 0 Å². The second kappa shape index (κ2) is 15.4. The molecule has 1 aromatic heterocycles. The van der Waals surface area contributed by atoms with E-state index in [4.69, 9.17) is 0 Å². The Morgan fingerprint density at radius 2 is 1.00 bits per heavy atom. The van der Waals surface area contributed by atoms with Crippen LogP contribution in [0.1, 0.15) is 115 Å². The van der Waals surface area contributed by atoms with E-state index in [-0.39, 0.29) is 0 Å². The molecule has 0 bridgehead atoms. The van der Waals surface area contributed by atoms with Crippen molar-refractivity contribution in [1.29, 1.82) is 0 Å². The summed E-state index contributed by atoms with van der Waals surface area (Å²) in [5.74, 6) is 0.